The van der Waals surface area contributed by atoms with Gasteiger partial charge in [0, 0.05) is 24.1 Å². The Bertz CT molecular complexity index is 743. The van der Waals surface area contributed by atoms with Gasteiger partial charge in [-0.3, -0.25) is 9.59 Å². The van der Waals surface area contributed by atoms with Gasteiger partial charge in [0.25, 0.3) is 11.8 Å². The molecule has 2 aromatic rings. The third kappa shape index (κ3) is 4.10. The van der Waals surface area contributed by atoms with Crippen LogP contribution in [0, 0.1) is 0 Å². The summed E-state index contributed by atoms with van der Waals surface area (Å²) in [5.41, 5.74) is 0.962. The number of pyridine rings is 1. The average molecular weight is 346 g/mol. The van der Waals surface area contributed by atoms with E-state index in [0.717, 1.165) is 6.42 Å². The summed E-state index contributed by atoms with van der Waals surface area (Å²) < 4.78 is 5.34. The molecule has 0 radical (unpaired) electrons. The predicted molar refractivity (Wildman–Crippen MR) is 91.2 cm³/mol. The third-order valence-electron chi connectivity index (χ3n) is 3.58. The molecular formula is C17H16ClN3O3. The first kappa shape index (κ1) is 16.4. The number of carbonyl (C=O) groups excluding carboxylic acids is 2. The van der Waals surface area contributed by atoms with E-state index in [1.165, 1.54) is 6.20 Å². The molecule has 124 valence electrons. The Morgan fingerprint density at radius 3 is 2.79 bits per heavy atom. The zero-order valence-corrected chi connectivity index (χ0v) is 13.5. The van der Waals surface area contributed by atoms with Crippen molar-refractivity contribution in [1.82, 2.24) is 4.98 Å². The number of nitrogens with zero attached hydrogens (tertiary/aromatic N) is 1. The fourth-order valence-corrected chi connectivity index (χ4v) is 2.50. The van der Waals surface area contributed by atoms with Crippen molar-refractivity contribution >= 4 is 34.9 Å². The van der Waals surface area contributed by atoms with Gasteiger partial charge in [-0.05, 0) is 43.2 Å². The van der Waals surface area contributed by atoms with Crippen molar-refractivity contribution in [3.8, 4) is 0 Å². The van der Waals surface area contributed by atoms with Crippen molar-refractivity contribution in [1.29, 1.82) is 0 Å². The second kappa shape index (κ2) is 7.42. The fourth-order valence-electron chi connectivity index (χ4n) is 2.38. The number of benzene rings is 1. The van der Waals surface area contributed by atoms with Crippen LogP contribution in [0.25, 0.3) is 0 Å². The fraction of sp³-hybridized carbons (Fsp3) is 0.235. The summed E-state index contributed by atoms with van der Waals surface area (Å²) >= 11 is 5.76. The number of anilines is 2. The number of hydrogen-bond donors (Lipinski definition) is 2. The maximum Gasteiger partial charge on any atom is 0.256 e. The van der Waals surface area contributed by atoms with E-state index in [-0.39, 0.29) is 11.8 Å². The molecule has 1 fully saturated rings. The maximum atomic E-state index is 12.3. The largest absolute Gasteiger partial charge is 0.368 e. The second-order valence-electron chi connectivity index (χ2n) is 5.39. The van der Waals surface area contributed by atoms with Crippen LogP contribution >= 0.6 is 11.6 Å². The van der Waals surface area contributed by atoms with E-state index >= 15 is 0 Å². The van der Waals surface area contributed by atoms with Gasteiger partial charge in [0.15, 0.2) is 0 Å². The maximum absolute atomic E-state index is 12.3. The lowest BCUT2D eigenvalue weighted by Crippen LogP contribution is -2.27. The molecule has 24 heavy (non-hydrogen) atoms. The number of hydrogen-bond acceptors (Lipinski definition) is 4. The Morgan fingerprint density at radius 2 is 2.08 bits per heavy atom. The van der Waals surface area contributed by atoms with E-state index in [0.29, 0.717) is 35.1 Å². The molecule has 7 heteroatoms. The lowest BCUT2D eigenvalue weighted by atomic mass is 10.1. The minimum absolute atomic E-state index is 0.190. The lowest BCUT2D eigenvalue weighted by Gasteiger charge is -2.11. The van der Waals surface area contributed by atoms with Gasteiger partial charge in [-0.25, -0.2) is 4.98 Å². The molecule has 6 nitrogen and oxygen atoms in total. The predicted octanol–water partition coefficient (Wildman–Crippen LogP) is 3.10. The molecule has 1 aromatic carbocycles. The van der Waals surface area contributed by atoms with Crippen molar-refractivity contribution in [2.75, 3.05) is 17.2 Å². The molecule has 1 aliphatic rings. The molecule has 1 aliphatic heterocycles. The van der Waals surface area contributed by atoms with Gasteiger partial charge in [-0.15, -0.1) is 0 Å². The van der Waals surface area contributed by atoms with E-state index in [2.05, 4.69) is 15.6 Å². The summed E-state index contributed by atoms with van der Waals surface area (Å²) in [6.45, 7) is 0.606. The van der Waals surface area contributed by atoms with Gasteiger partial charge in [0.1, 0.15) is 11.9 Å². The van der Waals surface area contributed by atoms with Crippen LogP contribution in [0.3, 0.4) is 0 Å². The molecule has 1 atom stereocenters. The number of rotatable bonds is 4. The lowest BCUT2D eigenvalue weighted by molar-refractivity contribution is -0.124. The van der Waals surface area contributed by atoms with Crippen molar-refractivity contribution in [2.24, 2.45) is 0 Å². The Kier molecular flexibility index (Phi) is 5.08. The SMILES string of the molecule is O=C(Nc1ccc(Cl)cn1)c1cccc(NC(=O)[C@@H]2CCCO2)c1. The van der Waals surface area contributed by atoms with Crippen LogP contribution in [-0.4, -0.2) is 29.5 Å². The van der Waals surface area contributed by atoms with Crippen molar-refractivity contribution in [3.05, 3.63) is 53.2 Å². The van der Waals surface area contributed by atoms with E-state index in [1.54, 1.807) is 36.4 Å². The second-order valence-corrected chi connectivity index (χ2v) is 5.82. The van der Waals surface area contributed by atoms with Crippen LogP contribution in [-0.2, 0) is 9.53 Å². The van der Waals surface area contributed by atoms with Crippen molar-refractivity contribution < 1.29 is 14.3 Å². The van der Waals surface area contributed by atoms with Crippen LogP contribution in [0.5, 0.6) is 0 Å². The number of aromatic nitrogens is 1. The standard InChI is InChI=1S/C17H16ClN3O3/c18-12-6-7-15(19-10-12)21-16(22)11-3-1-4-13(9-11)20-17(23)14-5-2-8-24-14/h1,3-4,6-7,9-10,14H,2,5,8H2,(H,20,23)(H,19,21,22)/t14-/m0/s1. The highest BCUT2D eigenvalue weighted by Gasteiger charge is 2.23. The summed E-state index contributed by atoms with van der Waals surface area (Å²) in [5.74, 6) is -0.111. The van der Waals surface area contributed by atoms with E-state index in [1.807, 2.05) is 0 Å². The number of carbonyl (C=O) groups is 2. The normalized spacial score (nSPS) is 16.6. The summed E-state index contributed by atoms with van der Waals surface area (Å²) in [5, 5.41) is 5.94. The van der Waals surface area contributed by atoms with Crippen LogP contribution < -0.4 is 10.6 Å². The topological polar surface area (TPSA) is 80.3 Å². The zero-order chi connectivity index (χ0) is 16.9. The van der Waals surface area contributed by atoms with Crippen molar-refractivity contribution in [2.45, 2.75) is 18.9 Å². The van der Waals surface area contributed by atoms with Crippen molar-refractivity contribution in [3.63, 3.8) is 0 Å². The Balaban J connectivity index is 1.66. The molecular weight excluding hydrogens is 330 g/mol. The molecule has 3 rings (SSSR count). The minimum Gasteiger partial charge on any atom is -0.368 e. The van der Waals surface area contributed by atoms with Gasteiger partial charge in [0.05, 0.1) is 5.02 Å². The van der Waals surface area contributed by atoms with Crippen LogP contribution in [0.4, 0.5) is 11.5 Å². The molecule has 2 N–H and O–H groups in total. The van der Waals surface area contributed by atoms with Gasteiger partial charge in [-0.2, -0.15) is 0 Å². The molecule has 0 spiro atoms. The first-order chi connectivity index (χ1) is 11.6. The number of ether oxygens (including phenoxy) is 1. The highest BCUT2D eigenvalue weighted by molar-refractivity contribution is 6.30. The Labute approximate surface area is 144 Å². The first-order valence-electron chi connectivity index (χ1n) is 7.57. The zero-order valence-electron chi connectivity index (χ0n) is 12.8. The van der Waals surface area contributed by atoms with E-state index < -0.39 is 6.10 Å². The Morgan fingerprint density at radius 1 is 1.21 bits per heavy atom. The highest BCUT2D eigenvalue weighted by Crippen LogP contribution is 2.17. The van der Waals surface area contributed by atoms with Crippen LogP contribution in [0.1, 0.15) is 23.2 Å². The number of nitrogens with one attached hydrogen (secondary N) is 2. The van der Waals surface area contributed by atoms with Gasteiger partial charge in [0.2, 0.25) is 0 Å². The van der Waals surface area contributed by atoms with Gasteiger partial charge >= 0.3 is 0 Å². The van der Waals surface area contributed by atoms with Crippen LogP contribution in [0.2, 0.25) is 5.02 Å². The molecule has 2 amide bonds. The number of halogens is 1. The average Bonchev–Trinajstić information content (AvgIpc) is 3.12. The quantitative estimate of drug-likeness (QED) is 0.892. The summed E-state index contributed by atoms with van der Waals surface area (Å²) in [7, 11) is 0. The van der Waals surface area contributed by atoms with Gasteiger partial charge < -0.3 is 15.4 Å². The monoisotopic (exact) mass is 345 g/mol. The number of amides is 2. The molecule has 0 aliphatic carbocycles. The molecule has 1 saturated heterocycles. The molecule has 0 saturated carbocycles. The summed E-state index contributed by atoms with van der Waals surface area (Å²) in [6.07, 6.45) is 2.64. The Hall–Kier alpha value is -2.44. The summed E-state index contributed by atoms with van der Waals surface area (Å²) in [4.78, 5) is 28.3. The smallest absolute Gasteiger partial charge is 0.256 e. The molecule has 0 bridgehead atoms. The molecule has 0 unspecified atom stereocenters. The molecule has 2 heterocycles. The minimum atomic E-state index is -0.416. The van der Waals surface area contributed by atoms with Crippen LogP contribution in [0.15, 0.2) is 42.6 Å². The molecule has 1 aromatic heterocycles. The van der Waals surface area contributed by atoms with Gasteiger partial charge in [-0.1, -0.05) is 17.7 Å². The van der Waals surface area contributed by atoms with E-state index in [9.17, 15) is 9.59 Å². The first-order valence-corrected chi connectivity index (χ1v) is 7.95. The third-order valence-corrected chi connectivity index (χ3v) is 3.81. The summed E-state index contributed by atoms with van der Waals surface area (Å²) in [6, 6.07) is 9.95. The van der Waals surface area contributed by atoms with E-state index in [4.69, 9.17) is 16.3 Å². The highest BCUT2D eigenvalue weighted by atomic mass is 35.5.